The van der Waals surface area contributed by atoms with Crippen LogP contribution < -0.4 is 85.2 Å². The Bertz CT molecular complexity index is 2520. The average molecular weight is 774 g/mol. The number of fused-ring (bicyclic) bond motifs is 2. The van der Waals surface area contributed by atoms with Gasteiger partial charge in [0.1, 0.15) is 43.2 Å². The SMILES string of the molecule is COc1cc(-c2ccc(N/N=C3/C(=O)c4ccc(N)cc4C=C3S(=O)(=O)[O-])c(OC)c2)ccc1N/N=C1/C=C(S(=O)(=O)[O-])c2ccccc2C1=O.[Na+].[Na+]. The summed E-state index contributed by atoms with van der Waals surface area (Å²) < 4.78 is 83.0. The number of Topliss-reactive ketones (excluding diaryl/α,β-unsaturated/α-hetero) is 2. The summed E-state index contributed by atoms with van der Waals surface area (Å²) >= 11 is 0. The predicted molar refractivity (Wildman–Crippen MR) is 188 cm³/mol. The number of carbonyl (C=O) groups excluding carboxylic acids is 2. The van der Waals surface area contributed by atoms with Crippen LogP contribution in [0.4, 0.5) is 17.1 Å². The molecule has 0 unspecified atom stereocenters. The average Bonchev–Trinajstić information content (AvgIpc) is 3.09. The Kier molecular flexibility index (Phi) is 12.9. The first kappa shape index (κ1) is 41.6. The molecular weight excluding hydrogens is 749 g/mol. The molecule has 19 heteroatoms. The number of methoxy groups -OCH3 is 2. The second-order valence-electron chi connectivity index (χ2n) is 11.0. The van der Waals surface area contributed by atoms with Crippen LogP contribution in [-0.4, -0.2) is 63.2 Å². The van der Waals surface area contributed by atoms with Crippen LogP contribution in [0.15, 0.2) is 100 Å². The molecule has 2 aliphatic carbocycles. The Morgan fingerprint density at radius 3 is 1.74 bits per heavy atom. The Morgan fingerprint density at radius 1 is 0.642 bits per heavy atom. The summed E-state index contributed by atoms with van der Waals surface area (Å²) in [4.78, 5) is 24.8. The summed E-state index contributed by atoms with van der Waals surface area (Å²) in [7, 11) is -7.24. The van der Waals surface area contributed by atoms with Crippen LogP contribution in [0, 0.1) is 0 Å². The van der Waals surface area contributed by atoms with Crippen LogP contribution in [0.1, 0.15) is 31.8 Å². The summed E-state index contributed by atoms with van der Waals surface area (Å²) in [6.45, 7) is 0. The van der Waals surface area contributed by atoms with Gasteiger partial charge in [-0.25, -0.2) is 16.8 Å². The number of rotatable bonds is 9. The minimum Gasteiger partial charge on any atom is -0.744 e. The first-order chi connectivity index (χ1) is 24.2. The van der Waals surface area contributed by atoms with Gasteiger partial charge in [0.2, 0.25) is 11.6 Å². The van der Waals surface area contributed by atoms with Crippen molar-refractivity contribution in [1.29, 1.82) is 0 Å². The van der Waals surface area contributed by atoms with Crippen molar-refractivity contribution in [3.8, 4) is 22.6 Å². The van der Waals surface area contributed by atoms with Gasteiger partial charge in [-0.2, -0.15) is 10.2 Å². The van der Waals surface area contributed by atoms with Crippen LogP contribution in [-0.2, 0) is 20.2 Å². The van der Waals surface area contributed by atoms with E-state index in [1.54, 1.807) is 36.4 Å². The van der Waals surface area contributed by atoms with Gasteiger partial charge in [0, 0.05) is 22.4 Å². The zero-order chi connectivity index (χ0) is 36.7. The van der Waals surface area contributed by atoms with Gasteiger partial charge in [-0.3, -0.25) is 20.4 Å². The molecular formula is C34H25N5Na2O10S2. The molecule has 4 aromatic carbocycles. The summed E-state index contributed by atoms with van der Waals surface area (Å²) in [5.41, 5.74) is 12.5. The van der Waals surface area contributed by atoms with E-state index in [1.807, 2.05) is 0 Å². The molecule has 0 amide bonds. The van der Waals surface area contributed by atoms with E-state index in [1.165, 1.54) is 56.7 Å². The normalized spacial score (nSPS) is 15.2. The molecule has 0 radical (unpaired) electrons. The smallest absolute Gasteiger partial charge is 0.744 e. The van der Waals surface area contributed by atoms with E-state index >= 15 is 0 Å². The summed E-state index contributed by atoms with van der Waals surface area (Å²) in [5.74, 6) is -0.856. The largest absolute Gasteiger partial charge is 1.00 e. The number of nitrogens with two attached hydrogens (primary N) is 1. The van der Waals surface area contributed by atoms with E-state index in [0.717, 1.165) is 12.2 Å². The monoisotopic (exact) mass is 773 g/mol. The standard InChI is InChI=1S/C34H27N5O10S2.2Na/c1-48-28-14-18(7-11-25(28)36-38-27-17-30(50(42,43)44)23-5-3-4-6-24(23)33(27)40)19-8-12-26(29(15-19)49-2)37-39-32-31(51(45,46)47)16-20-13-21(35)9-10-22(20)34(32)41;;/h3-17,36-37H,35H2,1-2H3,(H,42,43,44)(H,45,46,47);;/q;2*+1/p-2/b38-27-,39-32+;;. The second kappa shape index (κ2) is 16.5. The van der Waals surface area contributed by atoms with Crippen LogP contribution in [0.5, 0.6) is 11.5 Å². The van der Waals surface area contributed by atoms with Crippen molar-refractivity contribution in [2.45, 2.75) is 0 Å². The van der Waals surface area contributed by atoms with Crippen LogP contribution >= 0.6 is 0 Å². The molecule has 4 N–H and O–H groups in total. The number of hydrogen-bond donors (Lipinski definition) is 3. The Balaban J connectivity index is 0.00000314. The topological polar surface area (TPSA) is 242 Å². The zero-order valence-electron chi connectivity index (χ0n) is 28.5. The predicted octanol–water partition coefficient (Wildman–Crippen LogP) is -1.94. The van der Waals surface area contributed by atoms with Crippen molar-refractivity contribution in [3.05, 3.63) is 112 Å². The molecule has 0 heterocycles. The number of anilines is 3. The number of allylic oxidation sites excluding steroid dienone is 2. The van der Waals surface area contributed by atoms with E-state index in [-0.39, 0.29) is 110 Å². The van der Waals surface area contributed by atoms with E-state index in [9.17, 15) is 35.5 Å². The molecule has 4 aromatic rings. The minimum atomic E-state index is -5.10. The molecule has 0 spiro atoms. The third-order valence-electron chi connectivity index (χ3n) is 7.85. The first-order valence-electron chi connectivity index (χ1n) is 14.7. The maximum absolute atomic E-state index is 13.2. The molecule has 260 valence electrons. The number of hydrogen-bond acceptors (Lipinski definition) is 15. The molecule has 2 aliphatic rings. The van der Waals surface area contributed by atoms with Crippen LogP contribution in [0.2, 0.25) is 0 Å². The summed E-state index contributed by atoms with van der Waals surface area (Å²) in [6, 6.07) is 19.9. The van der Waals surface area contributed by atoms with Crippen LogP contribution in [0.25, 0.3) is 22.1 Å². The molecule has 53 heavy (non-hydrogen) atoms. The van der Waals surface area contributed by atoms with Crippen LogP contribution in [0.3, 0.4) is 0 Å². The van der Waals surface area contributed by atoms with Crippen molar-refractivity contribution in [2.75, 3.05) is 30.8 Å². The van der Waals surface area contributed by atoms with Gasteiger partial charge in [-0.05, 0) is 71.3 Å². The van der Waals surface area contributed by atoms with E-state index in [4.69, 9.17) is 15.2 Å². The number of carbonyl (C=O) groups is 2. The third kappa shape index (κ3) is 8.65. The Labute approximate surface area is 348 Å². The fourth-order valence-corrected chi connectivity index (χ4v) is 6.76. The van der Waals surface area contributed by atoms with Gasteiger partial charge in [0.05, 0.1) is 35.4 Å². The van der Waals surface area contributed by atoms with Gasteiger partial charge >= 0.3 is 59.1 Å². The number of nitrogens with one attached hydrogen (secondary N) is 2. The first-order valence-corrected chi connectivity index (χ1v) is 17.5. The van der Waals surface area contributed by atoms with Gasteiger partial charge in [-0.1, -0.05) is 36.4 Å². The molecule has 6 rings (SSSR count). The number of ketones is 2. The summed E-state index contributed by atoms with van der Waals surface area (Å²) in [5, 5.41) is 8.06. The van der Waals surface area contributed by atoms with Gasteiger partial charge in [-0.15, -0.1) is 0 Å². The van der Waals surface area contributed by atoms with Crippen molar-refractivity contribution < 1.29 is 104 Å². The molecule has 15 nitrogen and oxygen atoms in total. The fourth-order valence-electron chi connectivity index (χ4n) is 5.41. The Morgan fingerprint density at radius 2 is 1.19 bits per heavy atom. The molecule has 0 aromatic heterocycles. The van der Waals surface area contributed by atoms with E-state index in [2.05, 4.69) is 21.1 Å². The molecule has 0 fully saturated rings. The second-order valence-corrected chi connectivity index (χ2v) is 13.7. The molecule has 0 bridgehead atoms. The zero-order valence-corrected chi connectivity index (χ0v) is 34.2. The van der Waals surface area contributed by atoms with Crippen molar-refractivity contribution in [2.24, 2.45) is 10.2 Å². The van der Waals surface area contributed by atoms with Crippen molar-refractivity contribution in [3.63, 3.8) is 0 Å². The number of hydrazone groups is 2. The third-order valence-corrected chi connectivity index (χ3v) is 9.58. The van der Waals surface area contributed by atoms with Gasteiger partial charge < -0.3 is 24.3 Å². The van der Waals surface area contributed by atoms with E-state index < -0.39 is 47.3 Å². The number of benzene rings is 4. The maximum Gasteiger partial charge on any atom is 1.00 e. The molecule has 0 atom stereocenters. The van der Waals surface area contributed by atoms with E-state index in [0.29, 0.717) is 16.8 Å². The van der Waals surface area contributed by atoms with Gasteiger partial charge in [0.25, 0.3) is 0 Å². The molecule has 0 aliphatic heterocycles. The molecule has 0 saturated carbocycles. The number of ether oxygens (including phenoxy) is 2. The number of nitrogen functional groups attached to an aromatic ring is 1. The van der Waals surface area contributed by atoms with Crippen molar-refractivity contribution >= 4 is 71.3 Å². The molecule has 0 saturated heterocycles. The Hall–Kier alpha value is -4.14. The maximum atomic E-state index is 13.2. The van der Waals surface area contributed by atoms with Gasteiger partial charge in [0.15, 0.2) is 0 Å². The van der Waals surface area contributed by atoms with Crippen molar-refractivity contribution in [1.82, 2.24) is 0 Å². The summed E-state index contributed by atoms with van der Waals surface area (Å²) in [6.07, 6.45) is 1.97. The minimum absolute atomic E-state index is 0. The quantitative estimate of drug-likeness (QED) is 0.0727. The fraction of sp³-hybridized carbons (Fsp3) is 0.0588. The number of nitrogens with zero attached hydrogens (tertiary/aromatic N) is 2.